The first-order valence-corrected chi connectivity index (χ1v) is 9.53. The third kappa shape index (κ3) is 4.01. The van der Waals surface area contributed by atoms with Crippen LogP contribution in [0.25, 0.3) is 6.08 Å². The molecule has 2 nitrogen and oxygen atoms in total. The smallest absolute Gasteiger partial charge is 0.151 e. The number of Topliss-reactive ketones (excluding diaryl/α,β-unsaturated/α-hetero) is 1. The van der Waals surface area contributed by atoms with Crippen LogP contribution < -0.4 is 0 Å². The molecule has 0 heterocycles. The highest BCUT2D eigenvalue weighted by Gasteiger charge is 2.46. The number of allylic oxidation sites excluding steroid dienone is 1. The molecule has 2 unspecified atom stereocenters. The molecule has 1 fully saturated rings. The number of para-hydroxylation sites is 1. The summed E-state index contributed by atoms with van der Waals surface area (Å²) in [5.74, 6) is 0.269. The number of rotatable bonds is 6. The summed E-state index contributed by atoms with van der Waals surface area (Å²) < 4.78 is 0. The van der Waals surface area contributed by atoms with Crippen molar-refractivity contribution >= 4 is 23.3 Å². The summed E-state index contributed by atoms with van der Waals surface area (Å²) in [6, 6.07) is 20.1. The molecule has 0 saturated heterocycles. The molecule has 0 bridgehead atoms. The Morgan fingerprint density at radius 2 is 1.77 bits per heavy atom. The average Bonchev–Trinajstić information content (AvgIpc) is 2.99. The average molecular weight is 345 g/mol. The van der Waals surface area contributed by atoms with Crippen molar-refractivity contribution in [2.24, 2.45) is 16.3 Å². The highest BCUT2D eigenvalue weighted by Crippen LogP contribution is 2.44. The molecule has 1 saturated carbocycles. The van der Waals surface area contributed by atoms with Crippen LogP contribution in [-0.2, 0) is 4.79 Å². The van der Waals surface area contributed by atoms with E-state index in [1.165, 1.54) is 0 Å². The molecule has 0 aliphatic heterocycles. The molecule has 26 heavy (non-hydrogen) atoms. The maximum Gasteiger partial charge on any atom is 0.151 e. The lowest BCUT2D eigenvalue weighted by atomic mass is 9.78. The third-order valence-electron chi connectivity index (χ3n) is 5.34. The maximum atomic E-state index is 13.3. The Morgan fingerprint density at radius 3 is 2.42 bits per heavy atom. The Kier molecular flexibility index (Phi) is 5.82. The molecule has 134 valence electrons. The molecule has 3 rings (SSSR count). The molecule has 0 N–H and O–H groups in total. The molecule has 1 aliphatic rings. The molecule has 2 atom stereocenters. The number of hydrogen-bond acceptors (Lipinski definition) is 2. The third-order valence-corrected chi connectivity index (χ3v) is 5.34. The number of benzene rings is 2. The number of carbonyl (C=O) groups excluding carboxylic acids is 1. The van der Waals surface area contributed by atoms with Gasteiger partial charge in [0.05, 0.1) is 11.6 Å². The molecule has 2 aromatic rings. The van der Waals surface area contributed by atoms with Crippen LogP contribution in [0, 0.1) is 11.3 Å². The lowest BCUT2D eigenvalue weighted by molar-refractivity contribution is -0.125. The van der Waals surface area contributed by atoms with E-state index in [0.717, 1.165) is 42.6 Å². The van der Waals surface area contributed by atoms with Gasteiger partial charge in [-0.1, -0.05) is 74.0 Å². The summed E-state index contributed by atoms with van der Waals surface area (Å²) in [6.45, 7) is 4.15. The zero-order chi connectivity index (χ0) is 18.4. The molecule has 0 aromatic heterocycles. The largest absolute Gasteiger partial charge is 0.298 e. The van der Waals surface area contributed by atoms with Gasteiger partial charge in [0.1, 0.15) is 0 Å². The first kappa shape index (κ1) is 18.3. The van der Waals surface area contributed by atoms with Gasteiger partial charge in [-0.25, -0.2) is 0 Å². The van der Waals surface area contributed by atoms with Crippen molar-refractivity contribution in [3.63, 3.8) is 0 Å². The number of nitrogens with zero attached hydrogens (tertiary/aromatic N) is 1. The van der Waals surface area contributed by atoms with E-state index in [0.29, 0.717) is 5.78 Å². The number of ketones is 1. The number of aliphatic imine (C=N–C) groups is 1. The van der Waals surface area contributed by atoms with Crippen molar-refractivity contribution in [1.29, 1.82) is 0 Å². The van der Waals surface area contributed by atoms with Gasteiger partial charge in [0.15, 0.2) is 5.78 Å². The maximum absolute atomic E-state index is 13.3. The number of hydrogen-bond donors (Lipinski definition) is 0. The van der Waals surface area contributed by atoms with Gasteiger partial charge in [-0.2, -0.15) is 0 Å². The first-order chi connectivity index (χ1) is 12.6. The van der Waals surface area contributed by atoms with Crippen LogP contribution in [0.5, 0.6) is 0 Å². The van der Waals surface area contributed by atoms with Gasteiger partial charge in [0.25, 0.3) is 0 Å². The summed E-state index contributed by atoms with van der Waals surface area (Å²) in [5, 5.41) is 0. The second-order valence-corrected chi connectivity index (χ2v) is 7.19. The predicted molar refractivity (Wildman–Crippen MR) is 110 cm³/mol. The van der Waals surface area contributed by atoms with Gasteiger partial charge >= 0.3 is 0 Å². The van der Waals surface area contributed by atoms with Gasteiger partial charge in [-0.15, -0.1) is 0 Å². The normalized spacial score (nSPS) is 23.7. The van der Waals surface area contributed by atoms with E-state index in [-0.39, 0.29) is 11.3 Å². The summed E-state index contributed by atoms with van der Waals surface area (Å²) in [7, 11) is 0. The highest BCUT2D eigenvalue weighted by molar-refractivity contribution is 6.09. The van der Waals surface area contributed by atoms with Crippen LogP contribution in [0.3, 0.4) is 0 Å². The standard InChI is InChI=1S/C24H27NO/c1-3-16-24(17-14-20-10-6-4-7-11-20)18-15-22(23(24)26)19(2)25-21-12-8-5-9-13-21/h4-14,17,22H,3,15-16,18H2,1-2H3. The minimum absolute atomic E-state index is 0.0674. The quantitative estimate of drug-likeness (QED) is 0.568. The van der Waals surface area contributed by atoms with E-state index in [4.69, 9.17) is 4.99 Å². The van der Waals surface area contributed by atoms with E-state index in [9.17, 15) is 4.79 Å². The van der Waals surface area contributed by atoms with E-state index in [1.807, 2.05) is 55.5 Å². The molecule has 2 heteroatoms. The second-order valence-electron chi connectivity index (χ2n) is 7.19. The Morgan fingerprint density at radius 1 is 1.12 bits per heavy atom. The molecular weight excluding hydrogens is 318 g/mol. The van der Waals surface area contributed by atoms with E-state index in [2.05, 4.69) is 31.2 Å². The van der Waals surface area contributed by atoms with Crippen molar-refractivity contribution in [2.45, 2.75) is 39.5 Å². The van der Waals surface area contributed by atoms with Crippen LogP contribution in [0.4, 0.5) is 5.69 Å². The summed E-state index contributed by atoms with van der Waals surface area (Å²) in [5.41, 5.74) is 2.66. The van der Waals surface area contributed by atoms with Crippen LogP contribution in [0.1, 0.15) is 45.1 Å². The van der Waals surface area contributed by atoms with E-state index in [1.54, 1.807) is 0 Å². The Hall–Kier alpha value is -2.48. The highest BCUT2D eigenvalue weighted by atomic mass is 16.1. The monoisotopic (exact) mass is 345 g/mol. The number of carbonyl (C=O) groups is 1. The van der Waals surface area contributed by atoms with E-state index < -0.39 is 0 Å². The molecule has 0 spiro atoms. The van der Waals surface area contributed by atoms with Crippen LogP contribution in [0.15, 0.2) is 71.7 Å². The zero-order valence-corrected chi connectivity index (χ0v) is 15.7. The lowest BCUT2D eigenvalue weighted by Crippen LogP contribution is -2.29. The van der Waals surface area contributed by atoms with Gasteiger partial charge in [0.2, 0.25) is 0 Å². The summed E-state index contributed by atoms with van der Waals surface area (Å²) in [6.07, 6.45) is 7.98. The van der Waals surface area contributed by atoms with Crippen molar-refractivity contribution in [3.8, 4) is 0 Å². The summed E-state index contributed by atoms with van der Waals surface area (Å²) >= 11 is 0. The Balaban J connectivity index is 1.83. The van der Waals surface area contributed by atoms with Crippen molar-refractivity contribution in [3.05, 3.63) is 72.3 Å². The molecule has 2 aromatic carbocycles. The first-order valence-electron chi connectivity index (χ1n) is 9.53. The van der Waals surface area contributed by atoms with Crippen LogP contribution in [0.2, 0.25) is 0 Å². The van der Waals surface area contributed by atoms with Crippen molar-refractivity contribution < 1.29 is 4.79 Å². The van der Waals surface area contributed by atoms with Gasteiger partial charge < -0.3 is 0 Å². The fraction of sp³-hybridized carbons (Fsp3) is 0.333. The zero-order valence-electron chi connectivity index (χ0n) is 15.7. The van der Waals surface area contributed by atoms with Gasteiger partial charge in [0, 0.05) is 11.1 Å². The van der Waals surface area contributed by atoms with Crippen LogP contribution >= 0.6 is 0 Å². The molecular formula is C24H27NO. The Bertz CT molecular complexity index is 791. The SMILES string of the molecule is CCCC1(C=Cc2ccccc2)CCC(C(C)=Nc2ccccc2)C1=O. The topological polar surface area (TPSA) is 29.4 Å². The van der Waals surface area contributed by atoms with Gasteiger partial charge in [-0.3, -0.25) is 9.79 Å². The predicted octanol–water partition coefficient (Wildman–Crippen LogP) is 6.26. The van der Waals surface area contributed by atoms with Crippen molar-refractivity contribution in [2.75, 3.05) is 0 Å². The molecule has 0 amide bonds. The van der Waals surface area contributed by atoms with E-state index >= 15 is 0 Å². The van der Waals surface area contributed by atoms with Gasteiger partial charge in [-0.05, 0) is 43.9 Å². The fourth-order valence-electron chi connectivity index (χ4n) is 3.95. The van der Waals surface area contributed by atoms with Crippen LogP contribution in [-0.4, -0.2) is 11.5 Å². The van der Waals surface area contributed by atoms with Crippen molar-refractivity contribution in [1.82, 2.24) is 0 Å². The lowest BCUT2D eigenvalue weighted by Gasteiger charge is -2.24. The second kappa shape index (κ2) is 8.27. The molecule has 1 aliphatic carbocycles. The Labute approximate surface area is 156 Å². The summed E-state index contributed by atoms with van der Waals surface area (Å²) in [4.78, 5) is 18.0. The fourth-order valence-corrected chi connectivity index (χ4v) is 3.95. The minimum atomic E-state index is -0.345. The minimum Gasteiger partial charge on any atom is -0.298 e. The molecule has 0 radical (unpaired) electrons.